The second kappa shape index (κ2) is 5.65. The number of nitrogens with zero attached hydrogens (tertiary/aromatic N) is 2. The number of hydrogen-bond acceptors (Lipinski definition) is 4. The number of rotatable bonds is 3. The zero-order chi connectivity index (χ0) is 13.1. The third-order valence-electron chi connectivity index (χ3n) is 3.77. The number of aromatic nitrogens is 1. The molecule has 0 radical (unpaired) electrons. The van der Waals surface area contributed by atoms with Crippen molar-refractivity contribution >= 4 is 10.8 Å². The van der Waals surface area contributed by atoms with Crippen LogP contribution in [0.25, 0.3) is 10.8 Å². The van der Waals surface area contributed by atoms with Crippen LogP contribution in [0, 0.1) is 0 Å². The van der Waals surface area contributed by atoms with E-state index in [1.165, 1.54) is 16.3 Å². The summed E-state index contributed by atoms with van der Waals surface area (Å²) >= 11 is 0. The minimum atomic E-state index is 0.225. The normalized spacial score (nSPS) is 18.6. The summed E-state index contributed by atoms with van der Waals surface area (Å²) < 4.78 is 5.42. The number of nitrogens with two attached hydrogens (primary N) is 1. The Balaban J connectivity index is 2.00. The average molecular weight is 257 g/mol. The molecule has 0 spiro atoms. The molecule has 0 bridgehead atoms. The first-order valence-electron chi connectivity index (χ1n) is 6.74. The van der Waals surface area contributed by atoms with Crippen molar-refractivity contribution in [3.05, 3.63) is 42.2 Å². The molecule has 2 heterocycles. The summed E-state index contributed by atoms with van der Waals surface area (Å²) in [7, 11) is 0. The Labute approximate surface area is 113 Å². The van der Waals surface area contributed by atoms with E-state index in [4.69, 9.17) is 10.5 Å². The highest BCUT2D eigenvalue weighted by atomic mass is 16.5. The molecule has 2 N–H and O–H groups in total. The quantitative estimate of drug-likeness (QED) is 0.906. The number of morpholine rings is 1. The third kappa shape index (κ3) is 2.47. The summed E-state index contributed by atoms with van der Waals surface area (Å²) in [6, 6.07) is 8.58. The summed E-state index contributed by atoms with van der Waals surface area (Å²) in [5, 5.41) is 2.42. The molecule has 1 atom stereocenters. The molecule has 100 valence electrons. The molecule has 4 heteroatoms. The molecule has 0 aliphatic carbocycles. The predicted molar refractivity (Wildman–Crippen MR) is 75.9 cm³/mol. The van der Waals surface area contributed by atoms with Gasteiger partial charge >= 0.3 is 0 Å². The summed E-state index contributed by atoms with van der Waals surface area (Å²) in [5.41, 5.74) is 7.24. The molecule has 0 saturated carbocycles. The summed E-state index contributed by atoms with van der Waals surface area (Å²) in [4.78, 5) is 6.76. The summed E-state index contributed by atoms with van der Waals surface area (Å²) in [6.45, 7) is 4.05. The van der Waals surface area contributed by atoms with Crippen LogP contribution in [0.5, 0.6) is 0 Å². The maximum absolute atomic E-state index is 6.02. The fourth-order valence-corrected chi connectivity index (χ4v) is 2.77. The van der Waals surface area contributed by atoms with Gasteiger partial charge in [-0.15, -0.1) is 0 Å². The molecule has 3 rings (SSSR count). The van der Waals surface area contributed by atoms with Crippen LogP contribution in [0.4, 0.5) is 0 Å². The average Bonchev–Trinajstić information content (AvgIpc) is 2.49. The van der Waals surface area contributed by atoms with Crippen LogP contribution < -0.4 is 5.73 Å². The molecule has 1 aliphatic heterocycles. The van der Waals surface area contributed by atoms with E-state index in [1.54, 1.807) is 0 Å². The van der Waals surface area contributed by atoms with Gasteiger partial charge in [0, 0.05) is 43.5 Å². The van der Waals surface area contributed by atoms with Crippen molar-refractivity contribution in [2.75, 3.05) is 32.8 Å². The first-order valence-corrected chi connectivity index (χ1v) is 6.74. The van der Waals surface area contributed by atoms with Crippen molar-refractivity contribution in [1.29, 1.82) is 0 Å². The molecule has 1 unspecified atom stereocenters. The van der Waals surface area contributed by atoms with E-state index >= 15 is 0 Å². The van der Waals surface area contributed by atoms with Crippen molar-refractivity contribution in [1.82, 2.24) is 9.88 Å². The van der Waals surface area contributed by atoms with Gasteiger partial charge in [0.1, 0.15) is 0 Å². The Kier molecular flexibility index (Phi) is 3.73. The van der Waals surface area contributed by atoms with Gasteiger partial charge in [-0.1, -0.05) is 24.3 Å². The van der Waals surface area contributed by atoms with Crippen LogP contribution in [0.3, 0.4) is 0 Å². The topological polar surface area (TPSA) is 51.4 Å². The standard InChI is InChI=1S/C15H19N3O/c16-9-15(18-5-7-19-8-6-18)14-11-17-10-12-3-1-2-4-13(12)14/h1-4,10-11,15H,5-9,16H2. The highest BCUT2D eigenvalue weighted by molar-refractivity contribution is 5.85. The van der Waals surface area contributed by atoms with Crippen LogP contribution in [0.1, 0.15) is 11.6 Å². The van der Waals surface area contributed by atoms with Crippen molar-refractivity contribution in [2.24, 2.45) is 5.73 Å². The molecule has 1 aliphatic rings. The zero-order valence-corrected chi connectivity index (χ0v) is 11.0. The second-order valence-electron chi connectivity index (χ2n) is 4.85. The van der Waals surface area contributed by atoms with Gasteiger partial charge in [0.05, 0.1) is 13.2 Å². The Morgan fingerprint density at radius 1 is 1.21 bits per heavy atom. The first kappa shape index (κ1) is 12.5. The summed E-state index contributed by atoms with van der Waals surface area (Å²) in [6.07, 6.45) is 3.86. The largest absolute Gasteiger partial charge is 0.379 e. The van der Waals surface area contributed by atoms with Gasteiger partial charge in [-0.25, -0.2) is 0 Å². The smallest absolute Gasteiger partial charge is 0.0594 e. The second-order valence-corrected chi connectivity index (χ2v) is 4.85. The monoisotopic (exact) mass is 257 g/mol. The molecule has 19 heavy (non-hydrogen) atoms. The van der Waals surface area contributed by atoms with E-state index in [9.17, 15) is 0 Å². The fourth-order valence-electron chi connectivity index (χ4n) is 2.77. The minimum absolute atomic E-state index is 0.225. The van der Waals surface area contributed by atoms with Gasteiger partial charge < -0.3 is 10.5 Å². The third-order valence-corrected chi connectivity index (χ3v) is 3.77. The van der Waals surface area contributed by atoms with Crippen LogP contribution in [-0.4, -0.2) is 42.7 Å². The van der Waals surface area contributed by atoms with Gasteiger partial charge in [-0.05, 0) is 10.9 Å². The number of hydrogen-bond donors (Lipinski definition) is 1. The Morgan fingerprint density at radius 2 is 2.00 bits per heavy atom. The molecule has 1 saturated heterocycles. The lowest BCUT2D eigenvalue weighted by Gasteiger charge is -2.34. The van der Waals surface area contributed by atoms with Crippen molar-refractivity contribution in [3.8, 4) is 0 Å². The van der Waals surface area contributed by atoms with Gasteiger partial charge in [0.25, 0.3) is 0 Å². The van der Waals surface area contributed by atoms with Crippen molar-refractivity contribution in [2.45, 2.75) is 6.04 Å². The van der Waals surface area contributed by atoms with E-state index in [0.717, 1.165) is 26.3 Å². The first-order chi connectivity index (χ1) is 9.40. The van der Waals surface area contributed by atoms with Crippen molar-refractivity contribution in [3.63, 3.8) is 0 Å². The Bertz CT molecular complexity index is 547. The maximum Gasteiger partial charge on any atom is 0.0594 e. The van der Waals surface area contributed by atoms with Crippen LogP contribution >= 0.6 is 0 Å². The van der Waals surface area contributed by atoms with Gasteiger partial charge in [0.15, 0.2) is 0 Å². The molecule has 1 aromatic carbocycles. The maximum atomic E-state index is 6.02. The minimum Gasteiger partial charge on any atom is -0.379 e. The predicted octanol–water partition coefficient (Wildman–Crippen LogP) is 1.57. The molecular weight excluding hydrogens is 238 g/mol. The molecular formula is C15H19N3O. The lowest BCUT2D eigenvalue weighted by Crippen LogP contribution is -2.41. The number of pyridine rings is 1. The number of fused-ring (bicyclic) bond motifs is 1. The van der Waals surface area contributed by atoms with Gasteiger partial charge in [-0.2, -0.15) is 0 Å². The molecule has 1 aromatic heterocycles. The zero-order valence-electron chi connectivity index (χ0n) is 11.0. The van der Waals surface area contributed by atoms with Crippen molar-refractivity contribution < 1.29 is 4.74 Å². The van der Waals surface area contributed by atoms with Gasteiger partial charge in [0.2, 0.25) is 0 Å². The molecule has 1 fully saturated rings. The van der Waals surface area contributed by atoms with Gasteiger partial charge in [-0.3, -0.25) is 9.88 Å². The number of ether oxygens (including phenoxy) is 1. The fraction of sp³-hybridized carbons (Fsp3) is 0.400. The van der Waals surface area contributed by atoms with Crippen LogP contribution in [0.2, 0.25) is 0 Å². The molecule has 2 aromatic rings. The highest BCUT2D eigenvalue weighted by Crippen LogP contribution is 2.27. The van der Waals surface area contributed by atoms with Crippen LogP contribution in [-0.2, 0) is 4.74 Å². The SMILES string of the molecule is NCC(c1cncc2ccccc12)N1CCOCC1. The van der Waals surface area contributed by atoms with E-state index in [0.29, 0.717) is 6.54 Å². The van der Waals surface area contributed by atoms with Crippen LogP contribution in [0.15, 0.2) is 36.7 Å². The van der Waals surface area contributed by atoms with E-state index in [1.807, 2.05) is 18.5 Å². The number of benzene rings is 1. The Hall–Kier alpha value is -1.49. The van der Waals surface area contributed by atoms with E-state index < -0.39 is 0 Å². The lowest BCUT2D eigenvalue weighted by molar-refractivity contribution is 0.0181. The molecule has 0 amide bonds. The van der Waals surface area contributed by atoms with E-state index in [-0.39, 0.29) is 6.04 Å². The van der Waals surface area contributed by atoms with E-state index in [2.05, 4.69) is 28.1 Å². The Morgan fingerprint density at radius 3 is 2.79 bits per heavy atom. The molecule has 4 nitrogen and oxygen atoms in total. The summed E-state index contributed by atoms with van der Waals surface area (Å²) in [5.74, 6) is 0. The highest BCUT2D eigenvalue weighted by Gasteiger charge is 2.22. The lowest BCUT2D eigenvalue weighted by atomic mass is 10.00.